The minimum absolute atomic E-state index is 0.292. The van der Waals surface area contributed by atoms with Gasteiger partial charge in [-0.2, -0.15) is 0 Å². The summed E-state index contributed by atoms with van der Waals surface area (Å²) in [4.78, 5) is 9.60. The normalized spacial score (nSPS) is 7.90. The molecule has 0 bridgehead atoms. The lowest BCUT2D eigenvalue weighted by atomic mass is 10.4. The van der Waals surface area contributed by atoms with Gasteiger partial charge in [0.25, 0.3) is 0 Å². The number of halogens is 1. The first kappa shape index (κ1) is 12.4. The van der Waals surface area contributed by atoms with Gasteiger partial charge in [0, 0.05) is 12.3 Å². The van der Waals surface area contributed by atoms with Gasteiger partial charge in [0.2, 0.25) is 0 Å². The quantitative estimate of drug-likeness (QED) is 0.655. The highest BCUT2D eigenvalue weighted by atomic mass is 35.5. The summed E-state index contributed by atoms with van der Waals surface area (Å²) in [5, 5.41) is 7.91. The Hall–Kier alpha value is -0.240. The van der Waals surface area contributed by atoms with Gasteiger partial charge in [-0.25, -0.2) is 0 Å². The molecule has 0 aliphatic heterocycles. The number of hydrogen-bond acceptors (Lipinski definition) is 1. The van der Waals surface area contributed by atoms with Gasteiger partial charge in [0.15, 0.2) is 0 Å². The molecule has 0 spiro atoms. The molecule has 0 radical (unpaired) electrons. The van der Waals surface area contributed by atoms with Crippen molar-refractivity contribution in [1.29, 1.82) is 0 Å². The van der Waals surface area contributed by atoms with Crippen molar-refractivity contribution in [2.45, 2.75) is 33.1 Å². The highest BCUT2D eigenvalue weighted by molar-refractivity contribution is 6.17. The summed E-state index contributed by atoms with van der Waals surface area (Å²) in [5.74, 6) is 0.0810. The van der Waals surface area contributed by atoms with E-state index in [0.29, 0.717) is 6.42 Å². The smallest absolute Gasteiger partial charge is 0.303 e. The summed E-state index contributed by atoms with van der Waals surface area (Å²) in [7, 11) is 0. The van der Waals surface area contributed by atoms with Crippen molar-refractivity contribution >= 4 is 17.6 Å². The van der Waals surface area contributed by atoms with Gasteiger partial charge in [-0.05, 0) is 12.8 Å². The van der Waals surface area contributed by atoms with E-state index in [0.717, 1.165) is 18.7 Å². The van der Waals surface area contributed by atoms with Crippen molar-refractivity contribution in [2.75, 3.05) is 5.88 Å². The molecule has 62 valence electrons. The number of aliphatic carboxylic acids is 1. The Morgan fingerprint density at radius 1 is 1.40 bits per heavy atom. The molecule has 0 amide bonds. The van der Waals surface area contributed by atoms with E-state index >= 15 is 0 Å². The molecule has 0 saturated heterocycles. The molecule has 0 heterocycles. The topological polar surface area (TPSA) is 37.3 Å². The van der Waals surface area contributed by atoms with Gasteiger partial charge in [-0.3, -0.25) is 4.79 Å². The molecule has 2 nitrogen and oxygen atoms in total. The largest absolute Gasteiger partial charge is 0.481 e. The van der Waals surface area contributed by atoms with Crippen LogP contribution >= 0.6 is 11.6 Å². The standard InChI is InChI=1S/C4H8O2.C3H7Cl/c1-2-3-4(5)6;1-2-3-4/h2-3H2,1H3,(H,5,6);2-3H2,1H3. The van der Waals surface area contributed by atoms with Crippen LogP contribution in [-0.4, -0.2) is 17.0 Å². The predicted molar refractivity (Wildman–Crippen MR) is 43.6 cm³/mol. The number of hydrogen-bond donors (Lipinski definition) is 1. The van der Waals surface area contributed by atoms with Crippen LogP contribution in [0.1, 0.15) is 33.1 Å². The second-order valence-electron chi connectivity index (χ2n) is 1.83. The Balaban J connectivity index is 0. The maximum Gasteiger partial charge on any atom is 0.303 e. The first-order valence-corrected chi connectivity index (χ1v) is 4.00. The van der Waals surface area contributed by atoms with Crippen LogP contribution in [0.25, 0.3) is 0 Å². The van der Waals surface area contributed by atoms with Crippen LogP contribution in [0, 0.1) is 0 Å². The van der Waals surface area contributed by atoms with Gasteiger partial charge in [-0.15, -0.1) is 11.6 Å². The molecule has 0 unspecified atom stereocenters. The number of carboxylic acid groups (broad SMARTS) is 1. The van der Waals surface area contributed by atoms with Crippen molar-refractivity contribution in [2.24, 2.45) is 0 Å². The predicted octanol–water partition coefficient (Wildman–Crippen LogP) is 2.51. The fourth-order valence-electron chi connectivity index (χ4n) is 0.214. The lowest BCUT2D eigenvalue weighted by Crippen LogP contribution is -1.90. The van der Waals surface area contributed by atoms with Crippen molar-refractivity contribution in [3.05, 3.63) is 0 Å². The monoisotopic (exact) mass is 166 g/mol. The molecule has 0 aromatic rings. The van der Waals surface area contributed by atoms with Crippen molar-refractivity contribution in [1.82, 2.24) is 0 Å². The second-order valence-corrected chi connectivity index (χ2v) is 2.21. The molecule has 0 saturated carbocycles. The summed E-state index contributed by atoms with van der Waals surface area (Å²) in [5.41, 5.74) is 0. The Kier molecular flexibility index (Phi) is 14.4. The molecule has 10 heavy (non-hydrogen) atoms. The Labute approximate surface area is 67.2 Å². The molecular weight excluding hydrogens is 152 g/mol. The molecular formula is C7H15ClO2. The fourth-order valence-corrected chi connectivity index (χ4v) is 0.214. The van der Waals surface area contributed by atoms with E-state index in [-0.39, 0.29) is 0 Å². The average molecular weight is 167 g/mol. The zero-order valence-corrected chi connectivity index (χ0v) is 7.32. The van der Waals surface area contributed by atoms with Crippen LogP contribution in [0.4, 0.5) is 0 Å². The third-order valence-corrected chi connectivity index (χ3v) is 1.03. The third-order valence-electron chi connectivity index (χ3n) is 0.653. The molecule has 0 aliphatic carbocycles. The van der Waals surface area contributed by atoms with Gasteiger partial charge in [0.05, 0.1) is 0 Å². The maximum atomic E-state index is 9.60. The van der Waals surface area contributed by atoms with E-state index in [1.54, 1.807) is 0 Å². The SMILES string of the molecule is CCCC(=O)O.CCCCl. The van der Waals surface area contributed by atoms with E-state index in [4.69, 9.17) is 16.7 Å². The van der Waals surface area contributed by atoms with E-state index < -0.39 is 5.97 Å². The van der Waals surface area contributed by atoms with Crippen LogP contribution in [0.3, 0.4) is 0 Å². The highest BCUT2D eigenvalue weighted by Gasteiger charge is 1.87. The van der Waals surface area contributed by atoms with E-state index in [1.807, 2.05) is 13.8 Å². The number of carbonyl (C=O) groups is 1. The summed E-state index contributed by atoms with van der Waals surface area (Å²) in [6, 6.07) is 0. The molecule has 0 aliphatic rings. The van der Waals surface area contributed by atoms with Crippen LogP contribution in [-0.2, 0) is 4.79 Å². The molecule has 1 N–H and O–H groups in total. The molecule has 0 aromatic heterocycles. The lowest BCUT2D eigenvalue weighted by Gasteiger charge is -1.79. The number of carboxylic acids is 1. The third kappa shape index (κ3) is 25.1. The minimum atomic E-state index is -0.711. The number of alkyl halides is 1. The average Bonchev–Trinajstić information content (AvgIpc) is 1.89. The Morgan fingerprint density at radius 2 is 1.80 bits per heavy atom. The summed E-state index contributed by atoms with van der Waals surface area (Å²) in [6.07, 6.45) is 2.11. The molecule has 0 rings (SSSR count). The molecule has 3 heteroatoms. The van der Waals surface area contributed by atoms with Gasteiger partial charge in [-0.1, -0.05) is 13.8 Å². The Morgan fingerprint density at radius 3 is 1.80 bits per heavy atom. The molecule has 0 fully saturated rings. The zero-order chi connectivity index (χ0) is 8.41. The maximum absolute atomic E-state index is 9.60. The van der Waals surface area contributed by atoms with Gasteiger partial charge < -0.3 is 5.11 Å². The summed E-state index contributed by atoms with van der Waals surface area (Å²) < 4.78 is 0. The fraction of sp³-hybridized carbons (Fsp3) is 0.857. The van der Waals surface area contributed by atoms with Crippen LogP contribution < -0.4 is 0 Å². The van der Waals surface area contributed by atoms with Gasteiger partial charge in [0.1, 0.15) is 0 Å². The van der Waals surface area contributed by atoms with Crippen LogP contribution in [0.2, 0.25) is 0 Å². The zero-order valence-electron chi connectivity index (χ0n) is 6.56. The van der Waals surface area contributed by atoms with Crippen LogP contribution in [0.15, 0.2) is 0 Å². The summed E-state index contributed by atoms with van der Waals surface area (Å²) >= 11 is 5.19. The first-order valence-electron chi connectivity index (χ1n) is 3.46. The lowest BCUT2D eigenvalue weighted by molar-refractivity contribution is -0.137. The highest BCUT2D eigenvalue weighted by Crippen LogP contribution is 1.82. The summed E-state index contributed by atoms with van der Waals surface area (Å²) in [6.45, 7) is 3.89. The van der Waals surface area contributed by atoms with E-state index in [1.165, 1.54) is 0 Å². The minimum Gasteiger partial charge on any atom is -0.481 e. The van der Waals surface area contributed by atoms with Crippen LogP contribution in [0.5, 0.6) is 0 Å². The van der Waals surface area contributed by atoms with Crippen molar-refractivity contribution in [3.63, 3.8) is 0 Å². The second kappa shape index (κ2) is 11.5. The van der Waals surface area contributed by atoms with Crippen molar-refractivity contribution < 1.29 is 9.90 Å². The van der Waals surface area contributed by atoms with Crippen molar-refractivity contribution in [3.8, 4) is 0 Å². The number of rotatable bonds is 3. The molecule has 0 aromatic carbocycles. The van der Waals surface area contributed by atoms with E-state index in [2.05, 4.69) is 0 Å². The Bertz CT molecular complexity index is 72.0. The first-order chi connectivity index (χ1) is 4.68. The van der Waals surface area contributed by atoms with Gasteiger partial charge >= 0.3 is 5.97 Å². The van der Waals surface area contributed by atoms with E-state index in [9.17, 15) is 4.79 Å². The molecule has 0 atom stereocenters.